The Hall–Kier alpha value is -0.900. The molecule has 0 radical (unpaired) electrons. The molecule has 1 aromatic carbocycles. The van der Waals surface area contributed by atoms with Gasteiger partial charge in [-0.15, -0.1) is 0 Å². The molecule has 0 saturated carbocycles. The molecule has 3 nitrogen and oxygen atoms in total. The van der Waals surface area contributed by atoms with E-state index in [2.05, 4.69) is 36.9 Å². The second-order valence-corrected chi connectivity index (χ2v) is 6.12. The van der Waals surface area contributed by atoms with Crippen molar-refractivity contribution in [1.82, 2.24) is 4.90 Å². The van der Waals surface area contributed by atoms with Crippen LogP contribution in [0.4, 0.5) is 0 Å². The van der Waals surface area contributed by atoms with E-state index in [0.717, 1.165) is 19.5 Å². The van der Waals surface area contributed by atoms with Crippen molar-refractivity contribution in [2.75, 3.05) is 26.7 Å². The first-order valence-electron chi connectivity index (χ1n) is 7.67. The third-order valence-electron chi connectivity index (χ3n) is 4.22. The highest BCUT2D eigenvalue weighted by Gasteiger charge is 2.19. The average molecular weight is 276 g/mol. The largest absolute Gasteiger partial charge is 0.380 e. The number of likely N-dealkylation sites (tertiary alicyclic amines) is 1. The molecule has 0 spiro atoms. The number of rotatable bonds is 5. The van der Waals surface area contributed by atoms with Crippen LogP contribution < -0.4 is 5.73 Å². The van der Waals surface area contributed by atoms with Gasteiger partial charge in [0.25, 0.3) is 0 Å². The van der Waals surface area contributed by atoms with E-state index < -0.39 is 0 Å². The zero-order valence-electron chi connectivity index (χ0n) is 13.1. The molecule has 1 aromatic rings. The smallest absolute Gasteiger partial charge is 0.0698 e. The Morgan fingerprint density at radius 2 is 2.00 bits per heavy atom. The van der Waals surface area contributed by atoms with E-state index in [1.807, 2.05) is 7.11 Å². The van der Waals surface area contributed by atoms with Gasteiger partial charge in [-0.05, 0) is 45.2 Å². The lowest BCUT2D eigenvalue weighted by atomic mass is 9.99. The Labute approximate surface area is 123 Å². The number of piperidine rings is 1. The van der Waals surface area contributed by atoms with Crippen LogP contribution in [-0.2, 0) is 4.74 Å². The quantitative estimate of drug-likeness (QED) is 0.898. The van der Waals surface area contributed by atoms with E-state index in [4.69, 9.17) is 10.5 Å². The molecule has 1 heterocycles. The van der Waals surface area contributed by atoms with E-state index >= 15 is 0 Å². The number of ether oxygens (including phenoxy) is 1. The van der Waals surface area contributed by atoms with Gasteiger partial charge >= 0.3 is 0 Å². The van der Waals surface area contributed by atoms with Crippen LogP contribution in [-0.4, -0.2) is 37.7 Å². The van der Waals surface area contributed by atoms with E-state index in [0.29, 0.717) is 6.10 Å². The molecule has 1 aliphatic heterocycles. The fourth-order valence-electron chi connectivity index (χ4n) is 3.12. The number of nitrogens with zero attached hydrogens (tertiary/aromatic N) is 1. The van der Waals surface area contributed by atoms with Crippen molar-refractivity contribution >= 4 is 0 Å². The number of hydrogen-bond acceptors (Lipinski definition) is 3. The fraction of sp³-hybridized carbons (Fsp3) is 0.647. The van der Waals surface area contributed by atoms with Crippen LogP contribution in [0.25, 0.3) is 0 Å². The third-order valence-corrected chi connectivity index (χ3v) is 4.22. The van der Waals surface area contributed by atoms with Crippen LogP contribution in [0.1, 0.15) is 42.0 Å². The van der Waals surface area contributed by atoms with Crippen molar-refractivity contribution in [3.63, 3.8) is 0 Å². The summed E-state index contributed by atoms with van der Waals surface area (Å²) in [7, 11) is 1.81. The Bertz CT molecular complexity index is 413. The molecule has 0 aliphatic carbocycles. The first kappa shape index (κ1) is 15.5. The summed E-state index contributed by atoms with van der Waals surface area (Å²) in [6.45, 7) is 7.57. The van der Waals surface area contributed by atoms with Crippen LogP contribution in [0.15, 0.2) is 18.2 Å². The maximum atomic E-state index is 6.36. The SMILES string of the molecule is COC1CCCN(CCC(N)c2cc(C)cc(C)c2)C1. The predicted octanol–water partition coefficient (Wildman–Crippen LogP) is 2.80. The van der Waals surface area contributed by atoms with Crippen molar-refractivity contribution in [2.45, 2.75) is 45.3 Å². The molecule has 3 heteroatoms. The zero-order valence-corrected chi connectivity index (χ0v) is 13.1. The number of hydrogen-bond donors (Lipinski definition) is 1. The summed E-state index contributed by atoms with van der Waals surface area (Å²) in [5.41, 5.74) is 10.2. The zero-order chi connectivity index (χ0) is 14.5. The van der Waals surface area contributed by atoms with Gasteiger partial charge in [-0.25, -0.2) is 0 Å². The summed E-state index contributed by atoms with van der Waals surface area (Å²) >= 11 is 0. The van der Waals surface area contributed by atoms with Gasteiger partial charge in [-0.1, -0.05) is 29.3 Å². The minimum Gasteiger partial charge on any atom is -0.380 e. The highest BCUT2D eigenvalue weighted by Crippen LogP contribution is 2.19. The van der Waals surface area contributed by atoms with Crippen molar-refractivity contribution in [2.24, 2.45) is 5.73 Å². The first-order valence-corrected chi connectivity index (χ1v) is 7.67. The van der Waals surface area contributed by atoms with Crippen molar-refractivity contribution in [3.8, 4) is 0 Å². The van der Waals surface area contributed by atoms with Crippen LogP contribution in [0.3, 0.4) is 0 Å². The number of nitrogens with two attached hydrogens (primary N) is 1. The van der Waals surface area contributed by atoms with Crippen molar-refractivity contribution in [1.29, 1.82) is 0 Å². The molecular weight excluding hydrogens is 248 g/mol. The van der Waals surface area contributed by atoms with Crippen LogP contribution in [0.5, 0.6) is 0 Å². The second-order valence-electron chi connectivity index (χ2n) is 6.12. The third kappa shape index (κ3) is 4.30. The maximum absolute atomic E-state index is 6.36. The lowest BCUT2D eigenvalue weighted by molar-refractivity contribution is 0.0305. The summed E-state index contributed by atoms with van der Waals surface area (Å²) < 4.78 is 5.47. The van der Waals surface area contributed by atoms with Gasteiger partial charge in [0.05, 0.1) is 6.10 Å². The maximum Gasteiger partial charge on any atom is 0.0698 e. The van der Waals surface area contributed by atoms with Crippen LogP contribution in [0.2, 0.25) is 0 Å². The molecule has 112 valence electrons. The number of aryl methyl sites for hydroxylation is 2. The van der Waals surface area contributed by atoms with Gasteiger partial charge < -0.3 is 15.4 Å². The Balaban J connectivity index is 1.86. The normalized spacial score (nSPS) is 21.9. The minimum absolute atomic E-state index is 0.136. The minimum atomic E-state index is 0.136. The Morgan fingerprint density at radius 1 is 1.30 bits per heavy atom. The van der Waals surface area contributed by atoms with Gasteiger partial charge in [0.2, 0.25) is 0 Å². The predicted molar refractivity (Wildman–Crippen MR) is 83.9 cm³/mol. The molecule has 20 heavy (non-hydrogen) atoms. The molecule has 0 amide bonds. The Kier molecular flexibility index (Phi) is 5.58. The van der Waals surface area contributed by atoms with Crippen LogP contribution in [0, 0.1) is 13.8 Å². The molecule has 1 saturated heterocycles. The molecule has 2 atom stereocenters. The van der Waals surface area contributed by atoms with Gasteiger partial charge in [0.15, 0.2) is 0 Å². The monoisotopic (exact) mass is 276 g/mol. The highest BCUT2D eigenvalue weighted by atomic mass is 16.5. The molecule has 2 N–H and O–H groups in total. The highest BCUT2D eigenvalue weighted by molar-refractivity contribution is 5.30. The summed E-state index contributed by atoms with van der Waals surface area (Å²) in [6, 6.07) is 6.76. The summed E-state index contributed by atoms with van der Waals surface area (Å²) in [5.74, 6) is 0. The Morgan fingerprint density at radius 3 is 2.65 bits per heavy atom. The molecular formula is C17H28N2O. The second kappa shape index (κ2) is 7.21. The lowest BCUT2D eigenvalue weighted by Crippen LogP contribution is -2.40. The van der Waals surface area contributed by atoms with Gasteiger partial charge in [-0.3, -0.25) is 0 Å². The van der Waals surface area contributed by atoms with Gasteiger partial charge in [0.1, 0.15) is 0 Å². The molecule has 0 bridgehead atoms. The van der Waals surface area contributed by atoms with E-state index in [9.17, 15) is 0 Å². The molecule has 1 aliphatic rings. The molecule has 2 unspecified atom stereocenters. The van der Waals surface area contributed by atoms with Crippen LogP contribution >= 0.6 is 0 Å². The van der Waals surface area contributed by atoms with E-state index in [1.165, 1.54) is 36.1 Å². The number of methoxy groups -OCH3 is 1. The number of benzene rings is 1. The van der Waals surface area contributed by atoms with Crippen molar-refractivity contribution < 1.29 is 4.74 Å². The summed E-state index contributed by atoms with van der Waals surface area (Å²) in [6.07, 6.45) is 3.84. The molecule has 1 fully saturated rings. The first-order chi connectivity index (χ1) is 9.58. The lowest BCUT2D eigenvalue weighted by Gasteiger charge is -2.32. The summed E-state index contributed by atoms with van der Waals surface area (Å²) in [4.78, 5) is 2.49. The molecule has 2 rings (SSSR count). The average Bonchev–Trinajstić information content (AvgIpc) is 2.44. The van der Waals surface area contributed by atoms with Crippen molar-refractivity contribution in [3.05, 3.63) is 34.9 Å². The molecule has 0 aromatic heterocycles. The van der Waals surface area contributed by atoms with Gasteiger partial charge in [-0.2, -0.15) is 0 Å². The summed E-state index contributed by atoms with van der Waals surface area (Å²) in [5, 5.41) is 0. The van der Waals surface area contributed by atoms with Gasteiger partial charge in [0, 0.05) is 26.2 Å². The van der Waals surface area contributed by atoms with E-state index in [-0.39, 0.29) is 6.04 Å². The van der Waals surface area contributed by atoms with E-state index in [1.54, 1.807) is 0 Å². The standard InChI is InChI=1S/C17H28N2O/c1-13-9-14(2)11-15(10-13)17(18)6-8-19-7-4-5-16(12-19)20-3/h9-11,16-17H,4-8,12,18H2,1-3H3. The fourth-order valence-corrected chi connectivity index (χ4v) is 3.12. The topological polar surface area (TPSA) is 38.5 Å².